The summed E-state index contributed by atoms with van der Waals surface area (Å²) in [4.78, 5) is 58.5. The summed E-state index contributed by atoms with van der Waals surface area (Å²) in [6.45, 7) is 11.4. The number of ketones is 2. The molecule has 15 nitrogen and oxygen atoms in total. The number of anilines is 1. The number of cyclic esters (lactones) is 1. The van der Waals surface area contributed by atoms with Gasteiger partial charge in [0.05, 0.1) is 25.4 Å². The maximum atomic E-state index is 14.5. The second-order valence-electron chi connectivity index (χ2n) is 21.1. The van der Waals surface area contributed by atoms with Crippen LogP contribution in [0.4, 0.5) is 5.69 Å². The van der Waals surface area contributed by atoms with Crippen molar-refractivity contribution in [1.82, 2.24) is 4.90 Å². The van der Waals surface area contributed by atoms with Gasteiger partial charge in [-0.05, 0) is 133 Å². The summed E-state index contributed by atoms with van der Waals surface area (Å²) in [7, 11) is 4.61. The Kier molecular flexibility index (Phi) is 22.1. The molecule has 2 saturated heterocycles. The molecule has 396 valence electrons. The Bertz CT molecular complexity index is 2050. The number of aliphatic hydroxyl groups excluding tert-OH is 2. The highest BCUT2D eigenvalue weighted by atomic mass is 16.6. The highest BCUT2D eigenvalue weighted by Gasteiger charge is 2.53. The van der Waals surface area contributed by atoms with Crippen LogP contribution in [0.1, 0.15) is 125 Å². The van der Waals surface area contributed by atoms with Gasteiger partial charge in [0.1, 0.15) is 30.1 Å². The SMILES string of the molecule is COc1cccc(NC2CC3CCC(C)C(O)(O3)C(=O)C(=O)N3CCCCC3C(=O)O[C@H]([C@H](C)CC3CC[C@@H](O)C(OC)C3)CC[C@H](N)/C=C(\C)C(O)[C@@H](OC)C(=O)C(C)C[C@H](C)/C=C/C=C/C=C/2C)c1. The molecular formula is C56H85N3O12. The Morgan fingerprint density at radius 1 is 0.887 bits per heavy atom. The molecule has 1 aromatic carbocycles. The van der Waals surface area contributed by atoms with E-state index in [0.29, 0.717) is 82.0 Å². The van der Waals surface area contributed by atoms with E-state index < -0.39 is 77.9 Å². The van der Waals surface area contributed by atoms with Crippen LogP contribution in [0.2, 0.25) is 0 Å². The number of hydrogen-bond acceptors (Lipinski definition) is 14. The number of benzene rings is 1. The lowest BCUT2D eigenvalue weighted by atomic mass is 9.78. The minimum atomic E-state index is -2.43. The summed E-state index contributed by atoms with van der Waals surface area (Å²) in [6.07, 6.45) is 13.7. The molecule has 1 amide bonds. The van der Waals surface area contributed by atoms with Crippen molar-refractivity contribution in [3.8, 4) is 5.75 Å². The molecule has 15 atom stereocenters. The van der Waals surface area contributed by atoms with Crippen molar-refractivity contribution < 1.29 is 58.2 Å². The zero-order chi connectivity index (χ0) is 52.0. The summed E-state index contributed by atoms with van der Waals surface area (Å²) < 4.78 is 29.5. The van der Waals surface area contributed by atoms with E-state index in [0.717, 1.165) is 17.7 Å². The van der Waals surface area contributed by atoms with Gasteiger partial charge in [0.2, 0.25) is 5.79 Å². The van der Waals surface area contributed by atoms with Gasteiger partial charge in [0, 0.05) is 56.4 Å². The standard InChI is InChI=1S/C56H85N3O12/c1-34-16-11-10-12-17-35(2)45(58-42-18-15-19-43(32-42)67-7)33-44-24-21-39(6)56(66,71-44)53(63)54(64)59-27-14-13-20-46(59)55(65)70-48(36(3)29-40-22-25-47(60)49(31-40)68-8)26-23-41(57)30-38(5)51(62)52(69-9)50(61)37(4)28-34/h10-12,15-19,30,32,34,36-37,39-41,44-49,51-52,58,60,62,66H,13-14,20-29,31,33,57H2,1-9H3/b12-10+,16-11+,35-17+,38-30+/t34-,36-,37?,39?,40?,41+,44?,45?,46?,47-,48+,49?,51?,52+,56?/m1/s1. The number of nitrogens with zero attached hydrogens (tertiary/aromatic N) is 1. The molecule has 9 unspecified atom stereocenters. The third kappa shape index (κ3) is 15.6. The number of methoxy groups -OCH3 is 3. The predicted molar refractivity (Wildman–Crippen MR) is 273 cm³/mol. The van der Waals surface area contributed by atoms with Crippen molar-refractivity contribution in [2.45, 2.75) is 186 Å². The van der Waals surface area contributed by atoms with Gasteiger partial charge in [-0.15, -0.1) is 0 Å². The Morgan fingerprint density at radius 3 is 2.37 bits per heavy atom. The maximum Gasteiger partial charge on any atom is 0.329 e. The average Bonchev–Trinajstić information content (AvgIpc) is 3.35. The van der Waals surface area contributed by atoms with E-state index in [1.807, 2.05) is 82.3 Å². The number of carbonyl (C=O) groups is 4. The molecule has 6 N–H and O–H groups in total. The number of hydrogen-bond donors (Lipinski definition) is 5. The van der Waals surface area contributed by atoms with Gasteiger partial charge in [-0.25, -0.2) is 4.79 Å². The minimum Gasteiger partial charge on any atom is -0.497 e. The number of fused-ring (bicyclic) bond motifs is 3. The number of nitrogens with two attached hydrogens (primary N) is 1. The molecule has 0 radical (unpaired) electrons. The maximum absolute atomic E-state index is 14.5. The molecule has 3 aliphatic heterocycles. The number of rotatable bonds is 8. The van der Waals surface area contributed by atoms with Gasteiger partial charge < -0.3 is 55.0 Å². The molecule has 0 aromatic heterocycles. The summed E-state index contributed by atoms with van der Waals surface area (Å²) in [6, 6.07) is 5.56. The van der Waals surface area contributed by atoms with E-state index in [1.165, 1.54) is 12.0 Å². The second kappa shape index (κ2) is 27.2. The first kappa shape index (κ1) is 57.7. The molecule has 1 aromatic rings. The van der Waals surface area contributed by atoms with E-state index in [-0.39, 0.29) is 48.6 Å². The first-order valence-electron chi connectivity index (χ1n) is 26.1. The summed E-state index contributed by atoms with van der Waals surface area (Å²) >= 11 is 0. The van der Waals surface area contributed by atoms with E-state index in [9.17, 15) is 34.5 Å². The van der Waals surface area contributed by atoms with Gasteiger partial charge in [-0.1, -0.05) is 75.8 Å². The Morgan fingerprint density at radius 2 is 1.65 bits per heavy atom. The zero-order valence-corrected chi connectivity index (χ0v) is 43.8. The normalized spacial score (nSPS) is 37.8. The Balaban J connectivity index is 1.48. The molecule has 15 heteroatoms. The zero-order valence-electron chi connectivity index (χ0n) is 43.8. The van der Waals surface area contributed by atoms with Crippen LogP contribution in [0.15, 0.2) is 71.9 Å². The molecule has 4 aliphatic rings. The monoisotopic (exact) mass is 992 g/mol. The number of Topliss-reactive ketones (excluding diaryl/α,β-unsaturated/α-hetero) is 2. The van der Waals surface area contributed by atoms with Crippen LogP contribution in [0.25, 0.3) is 0 Å². The largest absolute Gasteiger partial charge is 0.497 e. The molecule has 2 bridgehead atoms. The van der Waals surface area contributed by atoms with Crippen molar-refractivity contribution in [2.75, 3.05) is 33.2 Å². The highest BCUT2D eigenvalue weighted by molar-refractivity contribution is 6.39. The number of esters is 1. The van der Waals surface area contributed by atoms with E-state index in [4.69, 9.17) is 29.4 Å². The second-order valence-corrected chi connectivity index (χ2v) is 21.1. The number of nitrogens with one attached hydrogen (secondary N) is 1. The van der Waals surface area contributed by atoms with Crippen molar-refractivity contribution in [3.05, 3.63) is 71.9 Å². The van der Waals surface area contributed by atoms with E-state index >= 15 is 0 Å². The molecule has 1 aliphatic carbocycles. The van der Waals surface area contributed by atoms with Gasteiger partial charge in [0.25, 0.3) is 11.7 Å². The lowest BCUT2D eigenvalue weighted by Gasteiger charge is -2.43. The van der Waals surface area contributed by atoms with E-state index in [1.54, 1.807) is 34.1 Å². The lowest BCUT2D eigenvalue weighted by molar-refractivity contribution is -0.263. The summed E-state index contributed by atoms with van der Waals surface area (Å²) in [5.74, 6) is -5.78. The summed E-state index contributed by atoms with van der Waals surface area (Å²) in [5.41, 5.74) is 8.92. The van der Waals surface area contributed by atoms with Crippen LogP contribution in [0.3, 0.4) is 0 Å². The Labute approximate surface area is 422 Å². The fourth-order valence-corrected chi connectivity index (χ4v) is 11.0. The first-order valence-corrected chi connectivity index (χ1v) is 26.1. The average molecular weight is 992 g/mol. The van der Waals surface area contributed by atoms with Crippen molar-refractivity contribution in [3.63, 3.8) is 0 Å². The lowest BCUT2D eigenvalue weighted by Crippen LogP contribution is -2.61. The first-order chi connectivity index (χ1) is 33.8. The van der Waals surface area contributed by atoms with Crippen molar-refractivity contribution in [2.24, 2.45) is 35.3 Å². The number of amides is 1. The molecule has 71 heavy (non-hydrogen) atoms. The van der Waals surface area contributed by atoms with Gasteiger partial charge >= 0.3 is 5.97 Å². The van der Waals surface area contributed by atoms with Gasteiger partial charge in [0.15, 0.2) is 5.78 Å². The highest BCUT2D eigenvalue weighted by Crippen LogP contribution is 2.38. The topological polar surface area (TPSA) is 216 Å². The quantitative estimate of drug-likeness (QED) is 0.0993. The summed E-state index contributed by atoms with van der Waals surface area (Å²) in [5, 5.41) is 37.8. The molecule has 1 saturated carbocycles. The molecule has 3 fully saturated rings. The van der Waals surface area contributed by atoms with Crippen molar-refractivity contribution in [1.29, 1.82) is 0 Å². The van der Waals surface area contributed by atoms with Crippen LogP contribution in [0.5, 0.6) is 5.75 Å². The van der Waals surface area contributed by atoms with Gasteiger partial charge in [-0.3, -0.25) is 14.4 Å². The molecular weight excluding hydrogens is 907 g/mol. The molecule has 5 rings (SSSR count). The van der Waals surface area contributed by atoms with Crippen LogP contribution in [-0.4, -0.2) is 132 Å². The van der Waals surface area contributed by atoms with Gasteiger partial charge in [-0.2, -0.15) is 0 Å². The van der Waals surface area contributed by atoms with Crippen molar-refractivity contribution >= 4 is 29.1 Å². The molecule has 3 heterocycles. The van der Waals surface area contributed by atoms with Crippen LogP contribution >= 0.6 is 0 Å². The Hall–Kier alpha value is -4.22. The fraction of sp³-hybridized carbons (Fsp3) is 0.679. The number of allylic oxidation sites excluding steroid dienone is 5. The van der Waals surface area contributed by atoms with E-state index in [2.05, 4.69) is 5.32 Å². The number of aliphatic hydroxyl groups is 3. The molecule has 0 spiro atoms. The minimum absolute atomic E-state index is 0.0254. The number of ether oxygens (including phenoxy) is 5. The third-order valence-corrected chi connectivity index (χ3v) is 15.5. The fourth-order valence-electron chi connectivity index (χ4n) is 11.0. The van der Waals surface area contributed by atoms with Crippen LogP contribution in [0, 0.1) is 29.6 Å². The number of piperidine rings is 1. The smallest absolute Gasteiger partial charge is 0.329 e. The van der Waals surface area contributed by atoms with Crippen LogP contribution < -0.4 is 15.8 Å². The number of carbonyl (C=O) groups excluding carboxylic acids is 4. The third-order valence-electron chi connectivity index (χ3n) is 15.5. The van der Waals surface area contributed by atoms with Crippen LogP contribution in [-0.2, 0) is 38.1 Å². The predicted octanol–water partition coefficient (Wildman–Crippen LogP) is 7.17.